The van der Waals surface area contributed by atoms with Crippen molar-refractivity contribution >= 4 is 11.8 Å². The molecule has 27 heavy (non-hydrogen) atoms. The van der Waals surface area contributed by atoms with Crippen LogP contribution in [0, 0.1) is 5.92 Å². The first-order valence-corrected chi connectivity index (χ1v) is 9.44. The van der Waals surface area contributed by atoms with Crippen molar-refractivity contribution in [1.29, 1.82) is 0 Å². The Morgan fingerprint density at radius 2 is 2.07 bits per heavy atom. The Morgan fingerprint density at radius 1 is 1.33 bits per heavy atom. The van der Waals surface area contributed by atoms with E-state index in [0.29, 0.717) is 36.8 Å². The van der Waals surface area contributed by atoms with Crippen LogP contribution in [0.5, 0.6) is 5.88 Å². The van der Waals surface area contributed by atoms with Gasteiger partial charge in [-0.2, -0.15) is 0 Å². The number of aromatic nitrogens is 1. The lowest BCUT2D eigenvalue weighted by molar-refractivity contribution is -0.127. The summed E-state index contributed by atoms with van der Waals surface area (Å²) in [6.45, 7) is 1.02. The molecule has 1 aliphatic heterocycles. The van der Waals surface area contributed by atoms with Crippen molar-refractivity contribution < 1.29 is 24.2 Å². The second-order valence-corrected chi connectivity index (χ2v) is 8.06. The van der Waals surface area contributed by atoms with Crippen molar-refractivity contribution in [3.63, 3.8) is 0 Å². The Kier molecular flexibility index (Phi) is 4.55. The largest absolute Gasteiger partial charge is 0.477 e. The highest BCUT2D eigenvalue weighted by atomic mass is 16.5. The number of aliphatic hydroxyl groups is 1. The van der Waals surface area contributed by atoms with Gasteiger partial charge in [0.15, 0.2) is 0 Å². The third-order valence-electron chi connectivity index (χ3n) is 5.58. The SMILES string of the molecule is NC(=O)CC1(NC(=O)c2ccc(C3(O)CCC3)c(OCC3CC3)n2)COC1. The van der Waals surface area contributed by atoms with Gasteiger partial charge < -0.3 is 25.6 Å². The Balaban J connectivity index is 1.53. The molecule has 1 aromatic rings. The van der Waals surface area contributed by atoms with E-state index in [1.165, 1.54) is 0 Å². The normalized spacial score (nSPS) is 22.3. The molecule has 3 aliphatic rings. The highest BCUT2D eigenvalue weighted by Crippen LogP contribution is 2.44. The maximum Gasteiger partial charge on any atom is 0.270 e. The fraction of sp³-hybridized carbons (Fsp3) is 0.632. The molecule has 8 heteroatoms. The van der Waals surface area contributed by atoms with Crippen LogP contribution >= 0.6 is 0 Å². The Bertz CT molecular complexity index is 754. The van der Waals surface area contributed by atoms with Crippen LogP contribution in [-0.2, 0) is 15.1 Å². The van der Waals surface area contributed by atoms with Crippen LogP contribution in [0.4, 0.5) is 0 Å². The quantitative estimate of drug-likeness (QED) is 0.612. The molecule has 0 aromatic carbocycles. The molecule has 0 spiro atoms. The van der Waals surface area contributed by atoms with Gasteiger partial charge >= 0.3 is 0 Å². The number of nitrogens with two attached hydrogens (primary N) is 1. The molecule has 0 radical (unpaired) electrons. The summed E-state index contributed by atoms with van der Waals surface area (Å²) in [6, 6.07) is 3.31. The monoisotopic (exact) mass is 375 g/mol. The summed E-state index contributed by atoms with van der Waals surface area (Å²) in [5.74, 6) is -0.0600. The van der Waals surface area contributed by atoms with Crippen molar-refractivity contribution in [3.05, 3.63) is 23.4 Å². The van der Waals surface area contributed by atoms with E-state index in [2.05, 4.69) is 10.3 Å². The van der Waals surface area contributed by atoms with Gasteiger partial charge in [0.25, 0.3) is 5.91 Å². The standard InChI is InChI=1S/C19H25N3O5/c20-15(23)8-18(10-26-11-18)22-16(24)14-5-4-13(19(25)6-1-7-19)17(21-14)27-9-12-2-3-12/h4-5,12,25H,1-3,6-11H2,(H2,20,23)(H,22,24). The van der Waals surface area contributed by atoms with E-state index in [-0.39, 0.29) is 25.3 Å². The number of primary amides is 1. The number of pyridine rings is 1. The maximum atomic E-state index is 12.7. The molecule has 2 aliphatic carbocycles. The molecular weight excluding hydrogens is 350 g/mol. The zero-order chi connectivity index (χ0) is 19.1. The van der Waals surface area contributed by atoms with Crippen molar-refractivity contribution in [1.82, 2.24) is 10.3 Å². The molecule has 2 amide bonds. The predicted octanol–water partition coefficient (Wildman–Crippen LogP) is 0.616. The molecule has 3 fully saturated rings. The van der Waals surface area contributed by atoms with Crippen LogP contribution in [0.3, 0.4) is 0 Å². The predicted molar refractivity (Wildman–Crippen MR) is 95.0 cm³/mol. The van der Waals surface area contributed by atoms with Gasteiger partial charge in [0.05, 0.1) is 37.4 Å². The van der Waals surface area contributed by atoms with E-state index in [9.17, 15) is 14.7 Å². The summed E-state index contributed by atoms with van der Waals surface area (Å²) in [4.78, 5) is 28.4. The number of ether oxygens (including phenoxy) is 2. The van der Waals surface area contributed by atoms with Crippen molar-refractivity contribution in [2.45, 2.75) is 49.7 Å². The van der Waals surface area contributed by atoms with E-state index >= 15 is 0 Å². The summed E-state index contributed by atoms with van der Waals surface area (Å²) in [5, 5.41) is 13.5. The van der Waals surface area contributed by atoms with Gasteiger partial charge in [-0.25, -0.2) is 4.98 Å². The van der Waals surface area contributed by atoms with Gasteiger partial charge in [0, 0.05) is 5.56 Å². The molecular formula is C19H25N3O5. The lowest BCUT2D eigenvalue weighted by Crippen LogP contribution is -2.63. The summed E-state index contributed by atoms with van der Waals surface area (Å²) in [5.41, 5.74) is 4.41. The maximum absolute atomic E-state index is 12.7. The first kappa shape index (κ1) is 18.2. The average Bonchev–Trinajstić information content (AvgIpc) is 3.39. The molecule has 4 rings (SSSR count). The Labute approximate surface area is 157 Å². The highest BCUT2D eigenvalue weighted by molar-refractivity contribution is 5.93. The lowest BCUT2D eigenvalue weighted by Gasteiger charge is -2.41. The minimum atomic E-state index is -0.921. The first-order valence-electron chi connectivity index (χ1n) is 9.44. The number of amides is 2. The van der Waals surface area contributed by atoms with E-state index in [1.54, 1.807) is 12.1 Å². The Morgan fingerprint density at radius 3 is 2.59 bits per heavy atom. The van der Waals surface area contributed by atoms with Crippen LogP contribution in [0.25, 0.3) is 0 Å². The lowest BCUT2D eigenvalue weighted by atomic mass is 9.75. The molecule has 146 valence electrons. The fourth-order valence-electron chi connectivity index (χ4n) is 3.50. The zero-order valence-electron chi connectivity index (χ0n) is 15.2. The molecule has 1 saturated heterocycles. The molecule has 1 aromatic heterocycles. The van der Waals surface area contributed by atoms with Crippen molar-refractivity contribution in [2.75, 3.05) is 19.8 Å². The number of hydrogen-bond donors (Lipinski definition) is 3. The van der Waals surface area contributed by atoms with Gasteiger partial charge in [0.1, 0.15) is 5.69 Å². The van der Waals surface area contributed by atoms with Crippen LogP contribution in [0.2, 0.25) is 0 Å². The second kappa shape index (κ2) is 6.76. The summed E-state index contributed by atoms with van der Waals surface area (Å²) in [7, 11) is 0. The molecule has 2 heterocycles. The van der Waals surface area contributed by atoms with Gasteiger partial charge in [-0.1, -0.05) is 0 Å². The molecule has 4 N–H and O–H groups in total. The summed E-state index contributed by atoms with van der Waals surface area (Å²) < 4.78 is 11.0. The summed E-state index contributed by atoms with van der Waals surface area (Å²) >= 11 is 0. The van der Waals surface area contributed by atoms with E-state index < -0.39 is 23.0 Å². The highest BCUT2D eigenvalue weighted by Gasteiger charge is 2.43. The molecule has 0 bridgehead atoms. The zero-order valence-corrected chi connectivity index (χ0v) is 15.2. The number of nitrogens with one attached hydrogen (secondary N) is 1. The number of rotatable bonds is 8. The minimum absolute atomic E-state index is 0.0155. The number of carbonyl (C=O) groups is 2. The van der Waals surface area contributed by atoms with Gasteiger partial charge in [0.2, 0.25) is 11.8 Å². The van der Waals surface area contributed by atoms with Crippen LogP contribution < -0.4 is 15.8 Å². The fourth-order valence-corrected chi connectivity index (χ4v) is 3.50. The molecule has 0 unspecified atom stereocenters. The van der Waals surface area contributed by atoms with Crippen LogP contribution in [0.15, 0.2) is 12.1 Å². The molecule has 2 saturated carbocycles. The van der Waals surface area contributed by atoms with Gasteiger partial charge in [-0.05, 0) is 50.2 Å². The van der Waals surface area contributed by atoms with E-state index in [0.717, 1.165) is 19.3 Å². The van der Waals surface area contributed by atoms with Crippen molar-refractivity contribution in [2.24, 2.45) is 11.7 Å². The third-order valence-corrected chi connectivity index (χ3v) is 5.58. The van der Waals surface area contributed by atoms with Gasteiger partial charge in [-0.15, -0.1) is 0 Å². The van der Waals surface area contributed by atoms with E-state index in [1.807, 2.05) is 0 Å². The van der Waals surface area contributed by atoms with E-state index in [4.69, 9.17) is 15.2 Å². The van der Waals surface area contributed by atoms with Gasteiger partial charge in [-0.3, -0.25) is 9.59 Å². The average molecular weight is 375 g/mol. The number of carbonyl (C=O) groups excluding carboxylic acids is 2. The molecule has 8 nitrogen and oxygen atoms in total. The Hall–Kier alpha value is -2.19. The smallest absolute Gasteiger partial charge is 0.270 e. The topological polar surface area (TPSA) is 124 Å². The van der Waals surface area contributed by atoms with Crippen LogP contribution in [-0.4, -0.2) is 47.3 Å². The number of hydrogen-bond acceptors (Lipinski definition) is 6. The third kappa shape index (κ3) is 3.77. The minimum Gasteiger partial charge on any atom is -0.477 e. The summed E-state index contributed by atoms with van der Waals surface area (Å²) in [6.07, 6.45) is 4.57. The van der Waals surface area contributed by atoms with Crippen LogP contribution in [0.1, 0.15) is 54.6 Å². The number of nitrogens with zero attached hydrogens (tertiary/aromatic N) is 1. The van der Waals surface area contributed by atoms with Crippen molar-refractivity contribution in [3.8, 4) is 5.88 Å². The molecule has 0 atom stereocenters. The second-order valence-electron chi connectivity index (χ2n) is 8.06. The first-order chi connectivity index (χ1) is 12.9.